The second-order valence-electron chi connectivity index (χ2n) is 13.4. The van der Waals surface area contributed by atoms with Crippen molar-refractivity contribution in [2.24, 2.45) is 46.3 Å². The first kappa shape index (κ1) is 25.5. The fraction of sp³-hybridized carbons (Fsp3) is 0.966. The maximum atomic E-state index is 12.0. The largest absolute Gasteiger partial charge is 0.457 e. The minimum absolute atomic E-state index is 0.294. The highest BCUT2D eigenvalue weighted by Gasteiger charge is 2.68. The van der Waals surface area contributed by atoms with Gasteiger partial charge in [-0.25, -0.2) is 0 Å². The molecule has 4 rings (SSSR count). The Labute approximate surface area is 202 Å². The zero-order valence-corrected chi connectivity index (χ0v) is 22.1. The summed E-state index contributed by atoms with van der Waals surface area (Å²) < 4.78 is 5.59. The van der Waals surface area contributed by atoms with E-state index in [1.807, 2.05) is 0 Å². The third kappa shape index (κ3) is 4.09. The number of esters is 1. The third-order valence-corrected chi connectivity index (χ3v) is 11.4. The molecule has 0 radical (unpaired) electrons. The second-order valence-corrected chi connectivity index (χ2v) is 13.4. The van der Waals surface area contributed by atoms with Crippen LogP contribution in [0.2, 0.25) is 0 Å². The van der Waals surface area contributed by atoms with Gasteiger partial charge in [-0.1, -0.05) is 53.9 Å². The Balaban J connectivity index is 1.53. The molecule has 3 unspecified atom stereocenters. The van der Waals surface area contributed by atoms with Crippen molar-refractivity contribution in [1.82, 2.24) is 0 Å². The number of hydrogen-bond acceptors (Lipinski definition) is 4. The lowest BCUT2D eigenvalue weighted by Crippen LogP contribution is -2.69. The summed E-state index contributed by atoms with van der Waals surface area (Å²) in [7, 11) is 0. The molecule has 0 aromatic carbocycles. The Morgan fingerprint density at radius 3 is 2.36 bits per heavy atom. The number of carbonyl (C=O) groups excluding carboxylic acids is 1. The molecule has 4 aliphatic carbocycles. The highest BCUT2D eigenvalue weighted by atomic mass is 16.6. The van der Waals surface area contributed by atoms with E-state index in [0.29, 0.717) is 30.1 Å². The predicted octanol–water partition coefficient (Wildman–Crippen LogP) is 6.13. The fourth-order valence-electron chi connectivity index (χ4n) is 9.64. The average molecular weight is 463 g/mol. The van der Waals surface area contributed by atoms with E-state index in [2.05, 4.69) is 34.6 Å². The van der Waals surface area contributed by atoms with Crippen LogP contribution in [0.25, 0.3) is 0 Å². The smallest absolute Gasteiger partial charge is 0.303 e. The molecule has 4 fully saturated rings. The normalized spacial score (nSPS) is 48.0. The van der Waals surface area contributed by atoms with Crippen LogP contribution in [0.5, 0.6) is 0 Å². The highest BCUT2D eigenvalue weighted by molar-refractivity contribution is 5.66. The number of aliphatic hydroxyl groups excluding tert-OH is 1. The van der Waals surface area contributed by atoms with Crippen molar-refractivity contribution in [3.8, 4) is 0 Å². The van der Waals surface area contributed by atoms with Crippen molar-refractivity contribution in [3.63, 3.8) is 0 Å². The molecule has 4 aliphatic rings. The number of carbonyl (C=O) groups is 1. The summed E-state index contributed by atoms with van der Waals surface area (Å²) in [5, 5.41) is 22.7. The van der Waals surface area contributed by atoms with Gasteiger partial charge in [-0.15, -0.1) is 0 Å². The first-order valence-corrected chi connectivity index (χ1v) is 14.0. The molecule has 4 nitrogen and oxygen atoms in total. The maximum absolute atomic E-state index is 12.0. The van der Waals surface area contributed by atoms with Crippen LogP contribution in [0, 0.1) is 46.3 Å². The molecule has 0 aliphatic heterocycles. The zero-order chi connectivity index (χ0) is 24.2. The van der Waals surface area contributed by atoms with Gasteiger partial charge < -0.3 is 14.9 Å². The van der Waals surface area contributed by atoms with E-state index in [4.69, 9.17) is 4.74 Å². The molecule has 190 valence electrons. The molecule has 0 amide bonds. The summed E-state index contributed by atoms with van der Waals surface area (Å²) >= 11 is 0. The number of hydrogen-bond donors (Lipinski definition) is 2. The van der Waals surface area contributed by atoms with Gasteiger partial charge >= 0.3 is 5.97 Å². The lowest BCUT2D eigenvalue weighted by molar-refractivity contribution is -0.273. The molecule has 4 saturated carbocycles. The van der Waals surface area contributed by atoms with Gasteiger partial charge in [0.15, 0.2) is 6.10 Å². The molecule has 0 spiro atoms. The van der Waals surface area contributed by atoms with E-state index >= 15 is 0 Å². The first-order valence-electron chi connectivity index (χ1n) is 14.0. The van der Waals surface area contributed by atoms with Gasteiger partial charge in [0, 0.05) is 12.3 Å². The van der Waals surface area contributed by atoms with Crippen LogP contribution in [0.3, 0.4) is 0 Å². The minimum atomic E-state index is -1.12. The van der Waals surface area contributed by atoms with Gasteiger partial charge in [-0.3, -0.25) is 4.79 Å². The zero-order valence-electron chi connectivity index (χ0n) is 22.1. The van der Waals surface area contributed by atoms with Crippen LogP contribution in [0.4, 0.5) is 0 Å². The number of aliphatic hydroxyl groups is 2. The van der Waals surface area contributed by atoms with E-state index in [0.717, 1.165) is 42.9 Å². The van der Waals surface area contributed by atoms with Gasteiger partial charge in [0.05, 0.1) is 6.10 Å². The molecular formula is C29H50O4. The minimum Gasteiger partial charge on any atom is -0.457 e. The van der Waals surface area contributed by atoms with Gasteiger partial charge in [0.1, 0.15) is 5.60 Å². The van der Waals surface area contributed by atoms with E-state index in [9.17, 15) is 15.0 Å². The molecule has 33 heavy (non-hydrogen) atoms. The van der Waals surface area contributed by atoms with Gasteiger partial charge in [-0.2, -0.15) is 0 Å². The van der Waals surface area contributed by atoms with E-state index in [1.165, 1.54) is 45.4 Å². The van der Waals surface area contributed by atoms with Crippen LogP contribution >= 0.6 is 0 Å². The van der Waals surface area contributed by atoms with Crippen LogP contribution in [-0.4, -0.2) is 34.0 Å². The molecule has 2 N–H and O–H groups in total. The monoisotopic (exact) mass is 462 g/mol. The Hall–Kier alpha value is -0.610. The lowest BCUT2D eigenvalue weighted by Gasteiger charge is -2.65. The van der Waals surface area contributed by atoms with Crippen molar-refractivity contribution in [1.29, 1.82) is 0 Å². The van der Waals surface area contributed by atoms with E-state index in [1.54, 1.807) is 0 Å². The van der Waals surface area contributed by atoms with Gasteiger partial charge in [0.2, 0.25) is 0 Å². The van der Waals surface area contributed by atoms with E-state index < -0.39 is 23.8 Å². The molecule has 10 atom stereocenters. The van der Waals surface area contributed by atoms with Crippen LogP contribution in [-0.2, 0) is 9.53 Å². The van der Waals surface area contributed by atoms with Crippen LogP contribution in [0.1, 0.15) is 112 Å². The predicted molar refractivity (Wildman–Crippen MR) is 131 cm³/mol. The molecule has 0 saturated heterocycles. The van der Waals surface area contributed by atoms with Crippen LogP contribution in [0.15, 0.2) is 0 Å². The first-order chi connectivity index (χ1) is 15.4. The SMILES string of the molecule is CC(=O)O[C@H]1[C@@H](O)CC[C@]2(C)C3CC[C@@]4(C)C(CC[C@@H]4[C@H](C)CCCC(C)C)C3CC[C@@]12O. The summed E-state index contributed by atoms with van der Waals surface area (Å²) in [4.78, 5) is 11.8. The van der Waals surface area contributed by atoms with E-state index in [-0.39, 0.29) is 5.41 Å². The average Bonchev–Trinajstić information content (AvgIpc) is 3.09. The Morgan fingerprint density at radius 2 is 1.70 bits per heavy atom. The molecule has 0 aromatic rings. The second kappa shape index (κ2) is 9.12. The quantitative estimate of drug-likeness (QED) is 0.466. The Morgan fingerprint density at radius 1 is 0.970 bits per heavy atom. The lowest BCUT2D eigenvalue weighted by atomic mass is 9.42. The number of rotatable bonds is 6. The third-order valence-electron chi connectivity index (χ3n) is 11.4. The molecule has 4 heteroatoms. The highest BCUT2D eigenvalue weighted by Crippen LogP contribution is 2.69. The van der Waals surface area contributed by atoms with Gasteiger partial charge in [0.25, 0.3) is 0 Å². The van der Waals surface area contributed by atoms with Crippen LogP contribution < -0.4 is 0 Å². The summed E-state index contributed by atoms with van der Waals surface area (Å²) in [6.45, 7) is 13.4. The Kier molecular flexibility index (Phi) is 7.04. The molecule has 0 aromatic heterocycles. The summed E-state index contributed by atoms with van der Waals surface area (Å²) in [5.41, 5.74) is -0.987. The summed E-state index contributed by atoms with van der Waals surface area (Å²) in [6, 6.07) is 0. The molecular weight excluding hydrogens is 412 g/mol. The van der Waals surface area contributed by atoms with Crippen molar-refractivity contribution in [2.75, 3.05) is 0 Å². The molecule has 0 bridgehead atoms. The van der Waals surface area contributed by atoms with Crippen molar-refractivity contribution in [2.45, 2.75) is 130 Å². The Bertz CT molecular complexity index is 720. The van der Waals surface area contributed by atoms with Crippen molar-refractivity contribution < 1.29 is 19.7 Å². The number of ether oxygens (including phenoxy) is 1. The number of fused-ring (bicyclic) bond motifs is 5. The topological polar surface area (TPSA) is 66.8 Å². The maximum Gasteiger partial charge on any atom is 0.303 e. The standard InChI is InChI=1S/C29H50O4/c1-18(2)8-7-9-19(3)22-10-11-23-21-12-17-29(32)26(33-20(4)30)25(31)14-16-28(29,6)24(21)13-15-27(22,23)5/h18-19,21-26,31-32H,7-17H2,1-6H3/t19-,21?,22-,23?,24?,25+,26+,27-,28-,29-/m1/s1. The summed E-state index contributed by atoms with van der Waals surface area (Å²) in [5.74, 6) is 3.86. The van der Waals surface area contributed by atoms with Gasteiger partial charge in [-0.05, 0) is 92.3 Å². The van der Waals surface area contributed by atoms with Crippen molar-refractivity contribution in [3.05, 3.63) is 0 Å². The summed E-state index contributed by atoms with van der Waals surface area (Å²) in [6.07, 6.45) is 10.7. The molecule has 0 heterocycles. The van der Waals surface area contributed by atoms with Crippen molar-refractivity contribution >= 4 is 5.97 Å². The fourth-order valence-corrected chi connectivity index (χ4v) is 9.64.